The third-order valence-corrected chi connectivity index (χ3v) is 2.70. The summed E-state index contributed by atoms with van der Waals surface area (Å²) in [6, 6.07) is 4.18. The molecule has 0 aromatic heterocycles. The summed E-state index contributed by atoms with van der Waals surface area (Å²) in [5, 5.41) is 13.6. The minimum absolute atomic E-state index is 0.520. The Hall–Kier alpha value is -2.04. The van der Waals surface area contributed by atoms with Gasteiger partial charge in [-0.1, -0.05) is 13.0 Å². The first-order valence-electron chi connectivity index (χ1n) is 5.84. The molecule has 1 rings (SSSR count). The summed E-state index contributed by atoms with van der Waals surface area (Å²) >= 11 is 0. The first-order valence-corrected chi connectivity index (χ1v) is 5.84. The molecule has 0 saturated carbocycles. The highest BCUT2D eigenvalue weighted by Gasteiger charge is 2.13. The van der Waals surface area contributed by atoms with Crippen LogP contribution in [0.2, 0.25) is 0 Å². The van der Waals surface area contributed by atoms with E-state index < -0.39 is 18.0 Å². The molecular formula is C13H18N2O3. The molecule has 5 heteroatoms. The van der Waals surface area contributed by atoms with Crippen LogP contribution in [0.25, 0.3) is 0 Å². The third kappa shape index (κ3) is 3.76. The van der Waals surface area contributed by atoms with Crippen LogP contribution in [0.4, 0.5) is 10.5 Å². The minimum Gasteiger partial charge on any atom is -0.480 e. The van der Waals surface area contributed by atoms with Crippen molar-refractivity contribution in [1.29, 1.82) is 0 Å². The second-order valence-electron chi connectivity index (χ2n) is 4.15. The normalized spacial score (nSPS) is 11.7. The van der Waals surface area contributed by atoms with Crippen LogP contribution >= 0.6 is 0 Å². The highest BCUT2D eigenvalue weighted by atomic mass is 16.4. The predicted molar refractivity (Wildman–Crippen MR) is 69.8 cm³/mol. The Morgan fingerprint density at radius 3 is 2.56 bits per heavy atom. The Labute approximate surface area is 106 Å². The predicted octanol–water partition coefficient (Wildman–Crippen LogP) is 2.15. The fourth-order valence-corrected chi connectivity index (χ4v) is 1.60. The van der Waals surface area contributed by atoms with E-state index in [0.29, 0.717) is 5.69 Å². The first-order chi connectivity index (χ1) is 8.43. The van der Waals surface area contributed by atoms with Gasteiger partial charge < -0.3 is 15.7 Å². The van der Waals surface area contributed by atoms with Crippen LogP contribution in [-0.4, -0.2) is 23.1 Å². The van der Waals surface area contributed by atoms with Crippen molar-refractivity contribution in [2.75, 3.05) is 5.32 Å². The van der Waals surface area contributed by atoms with E-state index in [0.717, 1.165) is 12.0 Å². The van der Waals surface area contributed by atoms with Crippen LogP contribution in [0, 0.1) is 6.92 Å². The van der Waals surface area contributed by atoms with Crippen molar-refractivity contribution in [3.63, 3.8) is 0 Å². The number of carboxylic acids is 1. The van der Waals surface area contributed by atoms with Crippen molar-refractivity contribution in [1.82, 2.24) is 5.32 Å². The van der Waals surface area contributed by atoms with E-state index in [4.69, 9.17) is 5.11 Å². The summed E-state index contributed by atoms with van der Waals surface area (Å²) in [6.45, 7) is 5.45. The summed E-state index contributed by atoms with van der Waals surface area (Å²) in [5.41, 5.74) is 2.97. The number of aryl methyl sites for hydroxylation is 2. The maximum Gasteiger partial charge on any atom is 0.325 e. The van der Waals surface area contributed by atoms with Gasteiger partial charge >= 0.3 is 12.0 Å². The molecule has 1 aromatic rings. The Kier molecular flexibility index (Phi) is 4.71. The molecule has 0 radical (unpaired) electrons. The number of carbonyl (C=O) groups is 2. The van der Waals surface area contributed by atoms with Crippen LogP contribution in [-0.2, 0) is 11.2 Å². The van der Waals surface area contributed by atoms with Gasteiger partial charge in [0, 0.05) is 5.69 Å². The first kappa shape index (κ1) is 14.0. The number of rotatable bonds is 4. The van der Waals surface area contributed by atoms with Crippen LogP contribution in [0.15, 0.2) is 18.2 Å². The van der Waals surface area contributed by atoms with Crippen LogP contribution in [0.3, 0.4) is 0 Å². The molecule has 0 aliphatic heterocycles. The van der Waals surface area contributed by atoms with E-state index in [1.54, 1.807) is 6.07 Å². The molecule has 1 aromatic carbocycles. The van der Waals surface area contributed by atoms with Gasteiger partial charge in [-0.05, 0) is 43.5 Å². The molecule has 98 valence electrons. The molecular weight excluding hydrogens is 232 g/mol. The number of urea groups is 1. The van der Waals surface area contributed by atoms with Crippen LogP contribution < -0.4 is 10.6 Å². The van der Waals surface area contributed by atoms with Crippen LogP contribution in [0.1, 0.15) is 25.0 Å². The monoisotopic (exact) mass is 250 g/mol. The second kappa shape index (κ2) is 6.05. The van der Waals surface area contributed by atoms with Gasteiger partial charge in [-0.15, -0.1) is 0 Å². The third-order valence-electron chi connectivity index (χ3n) is 2.70. The zero-order valence-corrected chi connectivity index (χ0v) is 10.8. The molecule has 0 aliphatic rings. The molecule has 3 N–H and O–H groups in total. The number of aliphatic carboxylic acids is 1. The van der Waals surface area contributed by atoms with Gasteiger partial charge in [0.25, 0.3) is 0 Å². The van der Waals surface area contributed by atoms with E-state index in [9.17, 15) is 9.59 Å². The summed E-state index contributed by atoms with van der Waals surface area (Å²) in [4.78, 5) is 22.1. The molecule has 1 atom stereocenters. The zero-order chi connectivity index (χ0) is 13.7. The zero-order valence-electron chi connectivity index (χ0n) is 10.8. The maximum atomic E-state index is 11.5. The summed E-state index contributed by atoms with van der Waals surface area (Å²) < 4.78 is 0. The summed E-state index contributed by atoms with van der Waals surface area (Å²) in [5.74, 6) is -1.07. The second-order valence-corrected chi connectivity index (χ2v) is 4.15. The number of benzene rings is 1. The van der Waals surface area contributed by atoms with Crippen molar-refractivity contribution in [2.45, 2.75) is 33.2 Å². The fourth-order valence-electron chi connectivity index (χ4n) is 1.60. The highest BCUT2D eigenvalue weighted by molar-refractivity contribution is 5.92. The standard InChI is InChI=1S/C13H18N2O3/c1-4-10-5-6-11(7-8(10)2)15-13(18)14-9(3)12(16)17/h5-7,9H,4H2,1-3H3,(H,16,17)(H2,14,15,18)/t9-/m1/s1. The molecule has 0 aliphatic carbocycles. The van der Waals surface area contributed by atoms with E-state index in [1.807, 2.05) is 19.1 Å². The van der Waals surface area contributed by atoms with E-state index in [1.165, 1.54) is 12.5 Å². The summed E-state index contributed by atoms with van der Waals surface area (Å²) in [7, 11) is 0. The lowest BCUT2D eigenvalue weighted by molar-refractivity contribution is -0.138. The van der Waals surface area contributed by atoms with Gasteiger partial charge in [-0.2, -0.15) is 0 Å². The van der Waals surface area contributed by atoms with E-state index in [2.05, 4.69) is 17.6 Å². The maximum absolute atomic E-state index is 11.5. The smallest absolute Gasteiger partial charge is 0.325 e. The molecule has 2 amide bonds. The number of hydrogen-bond acceptors (Lipinski definition) is 2. The number of carbonyl (C=O) groups excluding carboxylic acids is 1. The lowest BCUT2D eigenvalue weighted by Crippen LogP contribution is -2.40. The summed E-state index contributed by atoms with van der Waals surface area (Å²) in [6.07, 6.45) is 0.939. The molecule has 0 fully saturated rings. The average molecular weight is 250 g/mol. The molecule has 0 unspecified atom stereocenters. The molecule has 5 nitrogen and oxygen atoms in total. The fraction of sp³-hybridized carbons (Fsp3) is 0.385. The Morgan fingerprint density at radius 2 is 2.06 bits per heavy atom. The minimum atomic E-state index is -1.07. The van der Waals surface area contributed by atoms with Gasteiger partial charge in [-0.3, -0.25) is 4.79 Å². The number of anilines is 1. The quantitative estimate of drug-likeness (QED) is 0.766. The van der Waals surface area contributed by atoms with Crippen molar-refractivity contribution in [2.24, 2.45) is 0 Å². The Morgan fingerprint density at radius 1 is 1.39 bits per heavy atom. The van der Waals surface area contributed by atoms with E-state index >= 15 is 0 Å². The van der Waals surface area contributed by atoms with Crippen molar-refractivity contribution < 1.29 is 14.7 Å². The number of carboxylic acid groups (broad SMARTS) is 1. The lowest BCUT2D eigenvalue weighted by atomic mass is 10.1. The molecule has 0 bridgehead atoms. The Bertz CT molecular complexity index is 458. The number of amides is 2. The van der Waals surface area contributed by atoms with Gasteiger partial charge in [0.05, 0.1) is 0 Å². The van der Waals surface area contributed by atoms with Gasteiger partial charge in [-0.25, -0.2) is 4.79 Å². The van der Waals surface area contributed by atoms with Crippen molar-refractivity contribution in [3.05, 3.63) is 29.3 Å². The molecule has 0 saturated heterocycles. The average Bonchev–Trinajstić information content (AvgIpc) is 2.28. The van der Waals surface area contributed by atoms with Gasteiger partial charge in [0.1, 0.15) is 6.04 Å². The topological polar surface area (TPSA) is 78.4 Å². The largest absolute Gasteiger partial charge is 0.480 e. The van der Waals surface area contributed by atoms with Gasteiger partial charge in [0.15, 0.2) is 0 Å². The molecule has 0 heterocycles. The lowest BCUT2D eigenvalue weighted by Gasteiger charge is -2.12. The molecule has 0 spiro atoms. The van der Waals surface area contributed by atoms with Crippen molar-refractivity contribution >= 4 is 17.7 Å². The van der Waals surface area contributed by atoms with Gasteiger partial charge in [0.2, 0.25) is 0 Å². The van der Waals surface area contributed by atoms with Crippen LogP contribution in [0.5, 0.6) is 0 Å². The van der Waals surface area contributed by atoms with Crippen molar-refractivity contribution in [3.8, 4) is 0 Å². The SMILES string of the molecule is CCc1ccc(NC(=O)N[C@H](C)C(=O)O)cc1C. The molecule has 18 heavy (non-hydrogen) atoms. The number of nitrogens with one attached hydrogen (secondary N) is 2. The number of hydrogen-bond donors (Lipinski definition) is 3. The van der Waals surface area contributed by atoms with E-state index in [-0.39, 0.29) is 0 Å². The highest BCUT2D eigenvalue weighted by Crippen LogP contribution is 2.15. The Balaban J connectivity index is 2.65.